The second-order valence-electron chi connectivity index (χ2n) is 14.1. The normalized spacial score (nSPS) is 11.6. The molecular weight excluding hydrogens is 685 g/mol. The number of hydrogen-bond donors (Lipinski definition) is 0. The van der Waals surface area contributed by atoms with Gasteiger partial charge in [-0.05, 0) is 93.0 Å². The van der Waals surface area contributed by atoms with E-state index in [1.54, 1.807) is 0 Å². The largest absolute Gasteiger partial charge is 0.311 e. The van der Waals surface area contributed by atoms with Crippen molar-refractivity contribution in [2.45, 2.75) is 0 Å². The van der Waals surface area contributed by atoms with Crippen LogP contribution in [0.5, 0.6) is 0 Å². The fourth-order valence-corrected chi connectivity index (χ4v) is 9.84. The van der Waals surface area contributed by atoms with Crippen molar-refractivity contribution >= 4 is 81.1 Å². The van der Waals surface area contributed by atoms with Crippen LogP contribution in [0, 0.1) is 0 Å². The first kappa shape index (κ1) is 31.6. The number of para-hydroxylation sites is 1. The van der Waals surface area contributed by atoms with Crippen LogP contribution in [0.3, 0.4) is 0 Å². The monoisotopic (exact) mass is 718 g/mol. The van der Waals surface area contributed by atoms with E-state index in [0.717, 1.165) is 22.7 Å². The van der Waals surface area contributed by atoms with Gasteiger partial charge in [-0.2, -0.15) is 0 Å². The van der Waals surface area contributed by atoms with Crippen LogP contribution >= 0.6 is 11.3 Å². The summed E-state index contributed by atoms with van der Waals surface area (Å²) < 4.78 is 3.82. The van der Waals surface area contributed by atoms with Crippen molar-refractivity contribution in [1.82, 2.24) is 4.57 Å². The topological polar surface area (TPSA) is 8.17 Å². The Kier molecular flexibility index (Phi) is 7.39. The number of rotatable bonds is 6. The van der Waals surface area contributed by atoms with Gasteiger partial charge < -0.3 is 9.47 Å². The third kappa shape index (κ3) is 5.16. The molecule has 0 aliphatic carbocycles. The Labute approximate surface area is 323 Å². The lowest BCUT2D eigenvalue weighted by atomic mass is 9.97. The highest BCUT2D eigenvalue weighted by atomic mass is 32.1. The van der Waals surface area contributed by atoms with Gasteiger partial charge in [0.15, 0.2) is 0 Å². The Bertz CT molecular complexity index is 3080. The third-order valence-electron chi connectivity index (χ3n) is 11.0. The van der Waals surface area contributed by atoms with Crippen molar-refractivity contribution < 1.29 is 0 Å². The summed E-state index contributed by atoms with van der Waals surface area (Å²) in [5.74, 6) is 0. The van der Waals surface area contributed by atoms with Crippen molar-refractivity contribution in [3.8, 4) is 27.9 Å². The van der Waals surface area contributed by atoms with Gasteiger partial charge in [0, 0.05) is 49.0 Å². The van der Waals surface area contributed by atoms with E-state index < -0.39 is 0 Å². The standard InChI is InChI=1S/C52H34N2S/c1-3-13-35(14-4-1)37-23-27-39(28-24-37)53(40-29-25-38(26-30-40)36-15-5-2-6-16-36)41-31-33-42(34-32-41)54-48-22-12-11-21-47(48)50-49-45-19-9-7-17-43(45)44-18-8-10-20-46(44)51(49)55-52(50)54/h1-34H. The summed E-state index contributed by atoms with van der Waals surface area (Å²) in [5.41, 5.74) is 10.5. The molecule has 0 fully saturated rings. The van der Waals surface area contributed by atoms with Crippen LogP contribution in [-0.2, 0) is 0 Å². The predicted molar refractivity (Wildman–Crippen MR) is 237 cm³/mol. The first-order valence-corrected chi connectivity index (χ1v) is 19.6. The summed E-state index contributed by atoms with van der Waals surface area (Å²) >= 11 is 1.91. The van der Waals surface area contributed by atoms with Crippen LogP contribution in [0.25, 0.3) is 80.7 Å². The van der Waals surface area contributed by atoms with E-state index in [0.29, 0.717) is 0 Å². The fraction of sp³-hybridized carbons (Fsp3) is 0. The van der Waals surface area contributed by atoms with Crippen LogP contribution < -0.4 is 4.90 Å². The van der Waals surface area contributed by atoms with Gasteiger partial charge in [-0.3, -0.25) is 0 Å². The molecule has 0 bridgehead atoms. The van der Waals surface area contributed by atoms with Gasteiger partial charge in [0.05, 0.1) is 5.52 Å². The predicted octanol–water partition coefficient (Wildman–Crippen LogP) is 15.1. The number of anilines is 3. The summed E-state index contributed by atoms with van der Waals surface area (Å²) in [7, 11) is 0. The molecular formula is C52H34N2S. The Balaban J connectivity index is 1.07. The minimum atomic E-state index is 1.10. The highest BCUT2D eigenvalue weighted by Crippen LogP contribution is 2.48. The summed E-state index contributed by atoms with van der Waals surface area (Å²) in [6.07, 6.45) is 0. The maximum Gasteiger partial charge on any atom is 0.109 e. The highest BCUT2D eigenvalue weighted by Gasteiger charge is 2.22. The van der Waals surface area contributed by atoms with Crippen molar-refractivity contribution in [3.05, 3.63) is 206 Å². The average Bonchev–Trinajstić information content (AvgIpc) is 3.81. The molecule has 0 spiro atoms. The second-order valence-corrected chi connectivity index (χ2v) is 15.1. The maximum absolute atomic E-state index is 2.47. The van der Waals surface area contributed by atoms with Gasteiger partial charge in [-0.1, -0.05) is 152 Å². The van der Waals surface area contributed by atoms with Gasteiger partial charge in [-0.15, -0.1) is 11.3 Å². The zero-order valence-corrected chi connectivity index (χ0v) is 30.7. The molecule has 0 unspecified atom stereocenters. The molecule has 2 nitrogen and oxygen atoms in total. The molecule has 0 saturated heterocycles. The van der Waals surface area contributed by atoms with Crippen LogP contribution in [0.2, 0.25) is 0 Å². The summed E-state index contributed by atoms with van der Waals surface area (Å²) in [5, 5.41) is 9.21. The quantitative estimate of drug-likeness (QED) is 0.155. The Morgan fingerprint density at radius 3 is 1.31 bits per heavy atom. The number of aromatic nitrogens is 1. The summed E-state index contributed by atoms with van der Waals surface area (Å²) in [6.45, 7) is 0. The van der Waals surface area contributed by atoms with E-state index >= 15 is 0 Å². The lowest BCUT2D eigenvalue weighted by Gasteiger charge is -2.26. The SMILES string of the molecule is c1ccc(-c2ccc(N(c3ccc(-c4ccccc4)cc3)c3ccc(-n4c5ccccc5c5c6c7ccccc7c7ccccc7c6sc54)cc3)cc2)cc1. The van der Waals surface area contributed by atoms with Gasteiger partial charge in [-0.25, -0.2) is 0 Å². The first-order valence-electron chi connectivity index (χ1n) is 18.8. The summed E-state index contributed by atoms with van der Waals surface area (Å²) in [4.78, 5) is 3.63. The Morgan fingerprint density at radius 1 is 0.327 bits per heavy atom. The molecule has 258 valence electrons. The molecule has 9 aromatic carbocycles. The van der Waals surface area contributed by atoms with Crippen molar-refractivity contribution in [3.63, 3.8) is 0 Å². The lowest BCUT2D eigenvalue weighted by molar-refractivity contribution is 1.19. The minimum Gasteiger partial charge on any atom is -0.311 e. The van der Waals surface area contributed by atoms with Crippen LogP contribution in [0.15, 0.2) is 206 Å². The molecule has 0 amide bonds. The molecule has 0 atom stereocenters. The van der Waals surface area contributed by atoms with Gasteiger partial charge >= 0.3 is 0 Å². The number of hydrogen-bond acceptors (Lipinski definition) is 2. The molecule has 2 heterocycles. The lowest BCUT2D eigenvalue weighted by Crippen LogP contribution is -2.10. The molecule has 0 saturated carbocycles. The molecule has 55 heavy (non-hydrogen) atoms. The average molecular weight is 719 g/mol. The molecule has 2 aromatic heterocycles. The third-order valence-corrected chi connectivity index (χ3v) is 12.2. The van der Waals surface area contributed by atoms with Crippen molar-refractivity contribution in [1.29, 1.82) is 0 Å². The smallest absolute Gasteiger partial charge is 0.109 e. The number of benzene rings is 9. The fourth-order valence-electron chi connectivity index (χ4n) is 8.44. The molecule has 11 aromatic rings. The van der Waals surface area contributed by atoms with E-state index in [1.165, 1.54) is 75.0 Å². The molecule has 0 aliphatic rings. The molecule has 0 aliphatic heterocycles. The van der Waals surface area contributed by atoms with Crippen LogP contribution in [0.4, 0.5) is 17.1 Å². The minimum absolute atomic E-state index is 1.10. The maximum atomic E-state index is 2.47. The zero-order valence-electron chi connectivity index (χ0n) is 29.9. The Morgan fingerprint density at radius 2 is 0.745 bits per heavy atom. The number of thiophene rings is 1. The van der Waals surface area contributed by atoms with Crippen molar-refractivity contribution in [2.75, 3.05) is 4.90 Å². The van der Waals surface area contributed by atoms with E-state index in [9.17, 15) is 0 Å². The van der Waals surface area contributed by atoms with E-state index in [1.807, 2.05) is 11.3 Å². The van der Waals surface area contributed by atoms with Gasteiger partial charge in [0.2, 0.25) is 0 Å². The molecule has 0 radical (unpaired) electrons. The van der Waals surface area contributed by atoms with Gasteiger partial charge in [0.1, 0.15) is 4.83 Å². The van der Waals surface area contributed by atoms with Crippen molar-refractivity contribution in [2.24, 2.45) is 0 Å². The zero-order chi connectivity index (χ0) is 36.3. The van der Waals surface area contributed by atoms with Crippen LogP contribution in [0.1, 0.15) is 0 Å². The summed E-state index contributed by atoms with van der Waals surface area (Å²) in [6, 6.07) is 74.8. The molecule has 0 N–H and O–H groups in total. The highest BCUT2D eigenvalue weighted by molar-refractivity contribution is 7.27. The van der Waals surface area contributed by atoms with E-state index in [2.05, 4.69) is 216 Å². The second kappa shape index (κ2) is 12.9. The van der Waals surface area contributed by atoms with Crippen LogP contribution in [-0.4, -0.2) is 4.57 Å². The van der Waals surface area contributed by atoms with Gasteiger partial charge in [0.25, 0.3) is 0 Å². The molecule has 3 heteroatoms. The Hall–Kier alpha value is -6.94. The number of fused-ring (bicyclic) bond motifs is 10. The molecule has 11 rings (SSSR count). The first-order chi connectivity index (χ1) is 27.3. The van der Waals surface area contributed by atoms with E-state index in [4.69, 9.17) is 0 Å². The number of nitrogens with zero attached hydrogens (tertiary/aromatic N) is 2. The van der Waals surface area contributed by atoms with E-state index in [-0.39, 0.29) is 0 Å².